The molecule has 1 atom stereocenters. The third-order valence-electron chi connectivity index (χ3n) is 6.35. The van der Waals surface area contributed by atoms with Crippen LogP contribution in [0.4, 0.5) is 0 Å². The zero-order valence-electron chi connectivity index (χ0n) is 18.8. The molecule has 0 aliphatic carbocycles. The summed E-state index contributed by atoms with van der Waals surface area (Å²) in [5.74, 6) is 0.0228. The van der Waals surface area contributed by atoms with Crippen LogP contribution in [0.3, 0.4) is 0 Å². The van der Waals surface area contributed by atoms with Gasteiger partial charge in [-0.15, -0.1) is 0 Å². The van der Waals surface area contributed by atoms with Crippen molar-refractivity contribution in [3.63, 3.8) is 0 Å². The van der Waals surface area contributed by atoms with Crippen LogP contribution in [0.1, 0.15) is 52.5 Å². The van der Waals surface area contributed by atoms with Gasteiger partial charge in [-0.1, -0.05) is 30.3 Å². The lowest BCUT2D eigenvalue weighted by molar-refractivity contribution is -0.142. The quantitative estimate of drug-likeness (QED) is 0.746. The fraction of sp³-hybridized carbons (Fsp3) is 0.625. The molecule has 1 unspecified atom stereocenters. The minimum Gasteiger partial charge on any atom is -0.342 e. The molecule has 164 valence electrons. The number of benzene rings is 1. The van der Waals surface area contributed by atoms with Gasteiger partial charge in [0.25, 0.3) is 0 Å². The van der Waals surface area contributed by atoms with Crippen molar-refractivity contribution in [1.29, 1.82) is 0 Å². The molecule has 0 saturated carbocycles. The number of likely N-dealkylation sites (tertiary alicyclic amines) is 2. The number of hydrogen-bond acceptors (Lipinski definition) is 3. The predicted octanol–water partition coefficient (Wildman–Crippen LogP) is 2.92. The first-order valence-corrected chi connectivity index (χ1v) is 11.1. The summed E-state index contributed by atoms with van der Waals surface area (Å²) in [7, 11) is 0. The molecule has 2 fully saturated rings. The Morgan fingerprint density at radius 3 is 2.23 bits per heavy atom. The Labute approximate surface area is 180 Å². The van der Waals surface area contributed by atoms with Gasteiger partial charge in [0.1, 0.15) is 0 Å². The average molecular weight is 414 g/mol. The molecular weight excluding hydrogens is 378 g/mol. The van der Waals surface area contributed by atoms with E-state index in [0.717, 1.165) is 5.56 Å². The van der Waals surface area contributed by atoms with Gasteiger partial charge in [0.2, 0.25) is 17.7 Å². The molecule has 0 spiro atoms. The lowest BCUT2D eigenvalue weighted by Gasteiger charge is -2.35. The lowest BCUT2D eigenvalue weighted by Crippen LogP contribution is -2.47. The summed E-state index contributed by atoms with van der Waals surface area (Å²) >= 11 is 0. The number of nitrogens with zero attached hydrogens (tertiary/aromatic N) is 3. The van der Waals surface area contributed by atoms with E-state index in [1.54, 1.807) is 0 Å². The van der Waals surface area contributed by atoms with E-state index in [4.69, 9.17) is 0 Å². The number of piperidine rings is 1. The Kier molecular flexibility index (Phi) is 6.84. The highest BCUT2D eigenvalue weighted by molar-refractivity contribution is 5.90. The van der Waals surface area contributed by atoms with Crippen molar-refractivity contribution >= 4 is 17.7 Å². The van der Waals surface area contributed by atoms with Crippen molar-refractivity contribution in [2.24, 2.45) is 11.8 Å². The van der Waals surface area contributed by atoms with Crippen molar-refractivity contribution in [3.05, 3.63) is 35.9 Å². The second kappa shape index (κ2) is 9.19. The molecule has 1 aromatic carbocycles. The van der Waals surface area contributed by atoms with Crippen LogP contribution in [0.25, 0.3) is 0 Å². The van der Waals surface area contributed by atoms with Gasteiger partial charge in [-0.3, -0.25) is 14.4 Å². The summed E-state index contributed by atoms with van der Waals surface area (Å²) in [5, 5.41) is 0. The van der Waals surface area contributed by atoms with E-state index in [9.17, 15) is 14.4 Å². The molecule has 6 heteroatoms. The molecule has 2 heterocycles. The Morgan fingerprint density at radius 2 is 1.70 bits per heavy atom. The maximum absolute atomic E-state index is 13.0. The molecule has 2 aliphatic rings. The topological polar surface area (TPSA) is 60.9 Å². The van der Waals surface area contributed by atoms with Crippen LogP contribution in [0, 0.1) is 11.8 Å². The summed E-state index contributed by atoms with van der Waals surface area (Å²) in [4.78, 5) is 43.9. The number of carbonyl (C=O) groups excluding carboxylic acids is 3. The maximum atomic E-state index is 13.0. The van der Waals surface area contributed by atoms with E-state index in [2.05, 4.69) is 0 Å². The first-order valence-electron chi connectivity index (χ1n) is 11.1. The van der Waals surface area contributed by atoms with E-state index in [1.807, 2.05) is 72.7 Å². The minimum atomic E-state index is -0.256. The van der Waals surface area contributed by atoms with Crippen LogP contribution in [0.15, 0.2) is 30.3 Å². The van der Waals surface area contributed by atoms with Crippen LogP contribution in [-0.2, 0) is 20.9 Å². The van der Waals surface area contributed by atoms with Crippen LogP contribution >= 0.6 is 0 Å². The largest absolute Gasteiger partial charge is 0.342 e. The molecule has 0 radical (unpaired) electrons. The van der Waals surface area contributed by atoms with E-state index in [1.165, 1.54) is 0 Å². The normalized spacial score (nSPS) is 20.5. The van der Waals surface area contributed by atoms with Crippen molar-refractivity contribution in [3.8, 4) is 0 Å². The Hall–Kier alpha value is -2.37. The molecule has 30 heavy (non-hydrogen) atoms. The summed E-state index contributed by atoms with van der Waals surface area (Å²) in [5.41, 5.74) is 0.878. The maximum Gasteiger partial charge on any atom is 0.227 e. The number of rotatable bonds is 5. The molecule has 0 aromatic heterocycles. The summed E-state index contributed by atoms with van der Waals surface area (Å²) in [6.07, 6.45) is 1.69. The summed E-state index contributed by atoms with van der Waals surface area (Å²) in [6.45, 7) is 11.0. The third-order valence-corrected chi connectivity index (χ3v) is 6.35. The van der Waals surface area contributed by atoms with Gasteiger partial charge in [0.05, 0.1) is 5.92 Å². The molecule has 0 N–H and O–H groups in total. The molecular formula is C24H35N3O3. The summed E-state index contributed by atoms with van der Waals surface area (Å²) in [6, 6.07) is 10.0. The minimum absolute atomic E-state index is 0.0333. The average Bonchev–Trinajstić information content (AvgIpc) is 3.14. The van der Waals surface area contributed by atoms with Crippen molar-refractivity contribution < 1.29 is 14.4 Å². The molecule has 2 aliphatic heterocycles. The molecule has 6 nitrogen and oxygen atoms in total. The number of amides is 3. The van der Waals surface area contributed by atoms with Gasteiger partial charge in [0.15, 0.2) is 0 Å². The molecule has 0 bridgehead atoms. The zero-order chi connectivity index (χ0) is 21.9. The first kappa shape index (κ1) is 22.3. The second-order valence-electron chi connectivity index (χ2n) is 9.51. The van der Waals surface area contributed by atoms with Crippen molar-refractivity contribution in [2.45, 2.75) is 59.0 Å². The molecule has 2 saturated heterocycles. The van der Waals surface area contributed by atoms with Crippen LogP contribution in [-0.4, -0.2) is 64.1 Å². The van der Waals surface area contributed by atoms with Crippen LogP contribution < -0.4 is 0 Å². The highest BCUT2D eigenvalue weighted by Crippen LogP contribution is 2.29. The van der Waals surface area contributed by atoms with Crippen molar-refractivity contribution in [1.82, 2.24) is 14.7 Å². The van der Waals surface area contributed by atoms with Gasteiger partial charge >= 0.3 is 0 Å². The molecule has 3 amide bonds. The highest BCUT2D eigenvalue weighted by atomic mass is 16.2. The smallest absolute Gasteiger partial charge is 0.227 e. The Bertz CT molecular complexity index is 764. The van der Waals surface area contributed by atoms with Gasteiger partial charge in [0, 0.05) is 50.6 Å². The van der Waals surface area contributed by atoms with Gasteiger partial charge in [-0.25, -0.2) is 0 Å². The van der Waals surface area contributed by atoms with E-state index in [-0.39, 0.29) is 35.1 Å². The van der Waals surface area contributed by atoms with Crippen molar-refractivity contribution in [2.75, 3.05) is 26.2 Å². The summed E-state index contributed by atoms with van der Waals surface area (Å²) < 4.78 is 0. The zero-order valence-corrected chi connectivity index (χ0v) is 18.8. The Balaban J connectivity index is 1.53. The lowest BCUT2D eigenvalue weighted by atomic mass is 9.93. The predicted molar refractivity (Wildman–Crippen MR) is 116 cm³/mol. The first-order chi connectivity index (χ1) is 14.2. The molecule has 3 rings (SSSR count). The fourth-order valence-corrected chi connectivity index (χ4v) is 4.53. The third kappa shape index (κ3) is 5.02. The highest BCUT2D eigenvalue weighted by Gasteiger charge is 2.41. The fourth-order valence-electron chi connectivity index (χ4n) is 4.53. The Morgan fingerprint density at radius 1 is 1.07 bits per heavy atom. The van der Waals surface area contributed by atoms with E-state index >= 15 is 0 Å². The van der Waals surface area contributed by atoms with Crippen LogP contribution in [0.5, 0.6) is 0 Å². The van der Waals surface area contributed by atoms with E-state index in [0.29, 0.717) is 52.0 Å². The van der Waals surface area contributed by atoms with Crippen LogP contribution in [0.2, 0.25) is 0 Å². The standard InChI is InChI=1S/C24H35N3O3/c1-5-25(16-18-9-7-6-8-10-18)22(29)19-11-13-26(14-12-19)23(30)20-15-21(28)27(17-20)24(2,3)4/h6-10,19-20H,5,11-17H2,1-4H3. The van der Waals surface area contributed by atoms with Gasteiger partial charge in [-0.05, 0) is 46.1 Å². The van der Waals surface area contributed by atoms with Gasteiger partial charge < -0.3 is 14.7 Å². The monoisotopic (exact) mass is 413 g/mol. The van der Waals surface area contributed by atoms with Gasteiger partial charge in [-0.2, -0.15) is 0 Å². The SMILES string of the molecule is CCN(Cc1ccccc1)C(=O)C1CCN(C(=O)C2CC(=O)N(C(C)(C)C)C2)CC1. The number of carbonyl (C=O) groups is 3. The second-order valence-corrected chi connectivity index (χ2v) is 9.51. The molecule has 1 aromatic rings. The van der Waals surface area contributed by atoms with E-state index < -0.39 is 0 Å². The number of hydrogen-bond donors (Lipinski definition) is 0.